The second kappa shape index (κ2) is 35.8. The highest BCUT2D eigenvalue weighted by Gasteiger charge is 2.37. The Labute approximate surface area is 496 Å². The van der Waals surface area contributed by atoms with E-state index in [1.165, 1.54) is 38.1 Å². The van der Waals surface area contributed by atoms with Crippen molar-refractivity contribution in [3.8, 4) is 5.75 Å². The quantitative estimate of drug-likeness (QED) is 0.0145. The van der Waals surface area contributed by atoms with Crippen molar-refractivity contribution in [1.29, 1.82) is 0 Å². The Kier molecular flexibility index (Phi) is 29.5. The van der Waals surface area contributed by atoms with Crippen LogP contribution < -0.4 is 82.7 Å². The lowest BCUT2D eigenvalue weighted by Gasteiger charge is -2.29. The molecule has 0 fully saturated rings. The first kappa shape index (κ1) is 71.0. The van der Waals surface area contributed by atoms with Crippen LogP contribution in [0, 0.1) is 5.92 Å². The van der Waals surface area contributed by atoms with Gasteiger partial charge in [-0.15, -0.1) is 0 Å². The zero-order valence-electron chi connectivity index (χ0n) is 48.6. The Morgan fingerprint density at radius 1 is 0.547 bits per heavy atom. The molecule has 86 heavy (non-hydrogen) atoms. The monoisotopic (exact) mass is 1210 g/mol. The number of aliphatic imine (C=N–C) groups is 3. The van der Waals surface area contributed by atoms with Gasteiger partial charge < -0.3 is 108 Å². The zero-order chi connectivity index (χ0) is 64.2. The second-order valence-electron chi connectivity index (χ2n) is 20.5. The number of phenolic OH excluding ortho intramolecular Hbond substituents is 1. The van der Waals surface area contributed by atoms with Crippen LogP contribution in [0.3, 0.4) is 0 Å². The number of rotatable bonds is 37. The fraction of sp³-hybridized carbons (Fsp3) is 0.519. The molecule has 0 aliphatic heterocycles. The number of aromatic nitrogens is 1. The van der Waals surface area contributed by atoms with Crippen molar-refractivity contribution in [2.45, 2.75) is 146 Å². The van der Waals surface area contributed by atoms with E-state index in [-0.39, 0.29) is 94.6 Å². The number of hydrogen-bond acceptors (Lipinski definition) is 16. The van der Waals surface area contributed by atoms with Gasteiger partial charge in [-0.05, 0) is 87.6 Å². The van der Waals surface area contributed by atoms with Gasteiger partial charge in [0.05, 0.1) is 12.7 Å². The zero-order valence-corrected chi connectivity index (χ0v) is 48.6. The minimum absolute atomic E-state index is 0.00868. The van der Waals surface area contributed by atoms with Gasteiger partial charge in [0.25, 0.3) is 0 Å². The van der Waals surface area contributed by atoms with Crippen molar-refractivity contribution in [3.63, 3.8) is 0 Å². The number of nitrogens with one attached hydrogen (secondary N) is 9. The molecule has 11 atom stereocenters. The Morgan fingerprint density at radius 2 is 0.988 bits per heavy atom. The highest BCUT2D eigenvalue weighted by molar-refractivity contribution is 5.99. The van der Waals surface area contributed by atoms with Crippen LogP contribution in [0.5, 0.6) is 5.75 Å². The first-order valence-electron chi connectivity index (χ1n) is 27.8. The third-order valence-corrected chi connectivity index (χ3v) is 13.6. The van der Waals surface area contributed by atoms with Crippen molar-refractivity contribution in [3.05, 3.63) is 65.9 Å². The van der Waals surface area contributed by atoms with Crippen LogP contribution in [0.4, 0.5) is 0 Å². The number of aliphatic hydroxyl groups excluding tert-OH is 2. The van der Waals surface area contributed by atoms with Crippen molar-refractivity contribution >= 4 is 82.0 Å². The molecule has 474 valence electrons. The highest BCUT2D eigenvalue weighted by atomic mass is 16.4. The number of nitrogens with two attached hydrogens (primary N) is 7. The SMILES string of the molecule is CC[C@H](C)[C@H](NC(=O)[C@H](C)NC(=O)[C@H](Cc1c[nH]c2ccccc12)NC(=O)[C@H](Cc1ccc(O)cc1)NC(=O)[C@H](CCCN=C(N)N)NC(=O)[C@@H](N)CO)C(=O)N[C@@H](CCCN=C(N)N)C(=O)N[C@H](C(=O)N[C@@H](CCCN=C(N)N)C(=O)O)[C@@H](C)O. The molecule has 0 aliphatic carbocycles. The number of benzene rings is 2. The van der Waals surface area contributed by atoms with E-state index in [1.807, 2.05) is 0 Å². The maximum absolute atomic E-state index is 14.7. The fourth-order valence-corrected chi connectivity index (χ4v) is 8.56. The number of nitrogens with zero attached hydrogens (tertiary/aromatic N) is 3. The van der Waals surface area contributed by atoms with Crippen molar-refractivity contribution in [1.82, 2.24) is 47.5 Å². The summed E-state index contributed by atoms with van der Waals surface area (Å²) in [5, 5.41) is 61.2. The van der Waals surface area contributed by atoms with Crippen LogP contribution in [0.25, 0.3) is 10.9 Å². The fourth-order valence-electron chi connectivity index (χ4n) is 8.56. The molecule has 0 saturated carbocycles. The predicted molar refractivity (Wildman–Crippen MR) is 318 cm³/mol. The lowest BCUT2D eigenvalue weighted by Crippen LogP contribution is -2.62. The Hall–Kier alpha value is -9.30. The molecule has 0 aliphatic rings. The van der Waals surface area contributed by atoms with Gasteiger partial charge in [-0.2, -0.15) is 0 Å². The van der Waals surface area contributed by atoms with Crippen LogP contribution >= 0.6 is 0 Å². The average Bonchev–Trinajstić information content (AvgIpc) is 2.72. The van der Waals surface area contributed by atoms with Crippen LogP contribution in [0.1, 0.15) is 83.8 Å². The van der Waals surface area contributed by atoms with E-state index in [9.17, 15) is 63.6 Å². The molecule has 0 bridgehead atoms. The Balaban J connectivity index is 1.96. The number of hydrogen-bond donors (Lipinski definition) is 20. The van der Waals surface area contributed by atoms with Gasteiger partial charge in [-0.25, -0.2) is 4.79 Å². The summed E-state index contributed by atoms with van der Waals surface area (Å²) in [4.78, 5) is 139. The van der Waals surface area contributed by atoms with Gasteiger partial charge >= 0.3 is 5.97 Å². The smallest absolute Gasteiger partial charge is 0.326 e. The van der Waals surface area contributed by atoms with Gasteiger partial charge in [-0.3, -0.25) is 53.3 Å². The molecular formula is C54H85N19O13. The first-order chi connectivity index (χ1) is 40.6. The molecule has 32 heteroatoms. The molecule has 1 aromatic heterocycles. The maximum Gasteiger partial charge on any atom is 0.326 e. The number of carbonyl (C=O) groups excluding carboxylic acids is 8. The topological polar surface area (TPSA) is 566 Å². The van der Waals surface area contributed by atoms with Crippen LogP contribution in [-0.4, -0.2) is 183 Å². The molecule has 3 aromatic rings. The lowest BCUT2D eigenvalue weighted by atomic mass is 9.97. The molecule has 0 saturated heterocycles. The molecule has 3 rings (SSSR count). The lowest BCUT2D eigenvalue weighted by molar-refractivity contribution is -0.143. The number of aliphatic carboxylic acids is 1. The normalized spacial score (nSPS) is 14.9. The molecule has 8 amide bonds. The number of aromatic amines is 1. The summed E-state index contributed by atoms with van der Waals surface area (Å²) in [6.07, 6.45) is 0.00312. The molecule has 2 aromatic carbocycles. The van der Waals surface area contributed by atoms with Crippen molar-refractivity contribution < 1.29 is 63.6 Å². The summed E-state index contributed by atoms with van der Waals surface area (Å²) in [6, 6.07) is -0.317. The summed E-state index contributed by atoms with van der Waals surface area (Å²) in [5.41, 5.74) is 40.1. The van der Waals surface area contributed by atoms with Gasteiger partial charge in [0, 0.05) is 49.6 Å². The first-order valence-corrected chi connectivity index (χ1v) is 27.8. The number of fused-ring (bicyclic) bond motifs is 1. The second-order valence-corrected chi connectivity index (χ2v) is 20.5. The molecule has 0 spiro atoms. The Morgan fingerprint density at radius 3 is 1.50 bits per heavy atom. The van der Waals surface area contributed by atoms with E-state index in [0.717, 1.165) is 0 Å². The van der Waals surface area contributed by atoms with Crippen molar-refractivity contribution in [2.75, 3.05) is 26.2 Å². The van der Waals surface area contributed by atoms with Gasteiger partial charge in [0.2, 0.25) is 47.3 Å². The van der Waals surface area contributed by atoms with E-state index in [2.05, 4.69) is 62.5 Å². The van der Waals surface area contributed by atoms with Gasteiger partial charge in [-0.1, -0.05) is 50.6 Å². The van der Waals surface area contributed by atoms with E-state index in [1.54, 1.807) is 44.3 Å². The molecule has 0 unspecified atom stereocenters. The number of carbonyl (C=O) groups is 9. The number of carboxylic acids is 1. The number of aromatic hydroxyl groups is 1. The van der Waals surface area contributed by atoms with Gasteiger partial charge in [0.1, 0.15) is 60.1 Å². The summed E-state index contributed by atoms with van der Waals surface area (Å²) < 4.78 is 0. The van der Waals surface area contributed by atoms with E-state index in [0.29, 0.717) is 28.5 Å². The molecular weight excluding hydrogens is 1120 g/mol. The number of phenols is 1. The minimum Gasteiger partial charge on any atom is -0.508 e. The summed E-state index contributed by atoms with van der Waals surface area (Å²) in [5.74, 6) is -10.2. The van der Waals surface area contributed by atoms with Crippen LogP contribution in [-0.2, 0) is 56.0 Å². The predicted octanol–water partition coefficient (Wildman–Crippen LogP) is -5.45. The third kappa shape index (κ3) is 24.1. The molecule has 0 radical (unpaired) electrons. The largest absolute Gasteiger partial charge is 0.508 e. The van der Waals surface area contributed by atoms with E-state index in [4.69, 9.17) is 40.1 Å². The maximum atomic E-state index is 14.7. The summed E-state index contributed by atoms with van der Waals surface area (Å²) in [6.45, 7) is 5.22. The minimum atomic E-state index is -1.73. The number of para-hydroxylation sites is 1. The standard InChI is InChI=1S/C54H85N19O13/c1-5-27(2)41(49(83)68-37(14-9-21-63-53(58)59)46(80)73-42(29(4)75)50(84)69-38(51(85)86)15-10-22-64-54(60)61)72-43(77)28(3)66-47(81)40(24-31-25-65-35-12-7-6-11-33(31)35)71-48(82)39(23-30-16-18-32(76)19-17-30)70-45(79)36(13-8-20-62-52(56)57)67-44(78)34(55)26-74/h6-7,11-12,16-19,25,27-29,34,36-42,65,74-76H,5,8-10,13-15,20-24,26,55H2,1-4H3,(H,66,81)(H,67,78)(H,68,83)(H,69,84)(H,70,79)(H,71,82)(H,72,77)(H,73,80)(H,85,86)(H4,56,57,62)(H4,58,59,63)(H4,60,61,64)/t27-,28-,29+,34-,36-,37-,38-,39-,40-,41-,42-/m0/s1. The molecule has 1 heterocycles. The van der Waals surface area contributed by atoms with Crippen LogP contribution in [0.15, 0.2) is 69.7 Å². The average molecular weight is 1210 g/mol. The number of guanidine groups is 3. The summed E-state index contributed by atoms with van der Waals surface area (Å²) >= 11 is 0. The van der Waals surface area contributed by atoms with E-state index < -0.39 is 126 Å². The van der Waals surface area contributed by atoms with Crippen molar-refractivity contribution in [2.24, 2.45) is 61.0 Å². The highest BCUT2D eigenvalue weighted by Crippen LogP contribution is 2.20. The Bertz CT molecular complexity index is 2850. The number of aliphatic hydroxyl groups is 2. The van der Waals surface area contributed by atoms with E-state index >= 15 is 0 Å². The third-order valence-electron chi connectivity index (χ3n) is 13.6. The van der Waals surface area contributed by atoms with Crippen LogP contribution in [0.2, 0.25) is 0 Å². The number of H-pyrrole nitrogens is 1. The molecule has 32 nitrogen and oxygen atoms in total. The van der Waals surface area contributed by atoms with Gasteiger partial charge in [0.15, 0.2) is 17.9 Å². The number of amides is 8. The number of carboxylic acid groups (broad SMARTS) is 1. The summed E-state index contributed by atoms with van der Waals surface area (Å²) in [7, 11) is 0. The molecule has 27 N–H and O–H groups in total.